The molecule has 0 aliphatic carbocycles. The number of carboxylic acid groups (broad SMARTS) is 1. The van der Waals surface area contributed by atoms with Gasteiger partial charge in [-0.25, -0.2) is 4.79 Å². The number of aliphatic hydroxyl groups is 1. The van der Waals surface area contributed by atoms with Gasteiger partial charge in [-0.3, -0.25) is 4.79 Å². The highest BCUT2D eigenvalue weighted by Crippen LogP contribution is 2.22. The summed E-state index contributed by atoms with van der Waals surface area (Å²) in [4.78, 5) is 22.0. The molecule has 2 N–H and O–H groups in total. The Kier molecular flexibility index (Phi) is 5.79. The molecule has 0 aliphatic heterocycles. The molecule has 6 heteroatoms. The summed E-state index contributed by atoms with van der Waals surface area (Å²) >= 11 is 5.68. The van der Waals surface area contributed by atoms with Gasteiger partial charge in [0.25, 0.3) is 0 Å². The van der Waals surface area contributed by atoms with E-state index in [2.05, 4.69) is 4.74 Å². The van der Waals surface area contributed by atoms with E-state index in [1.165, 1.54) is 7.11 Å². The van der Waals surface area contributed by atoms with Gasteiger partial charge in [0.05, 0.1) is 7.11 Å². The van der Waals surface area contributed by atoms with E-state index in [0.717, 1.165) is 0 Å². The van der Waals surface area contributed by atoms with Crippen LogP contribution in [-0.2, 0) is 26.6 Å². The predicted molar refractivity (Wildman–Crippen MR) is 68.9 cm³/mol. The van der Waals surface area contributed by atoms with Crippen molar-refractivity contribution in [1.82, 2.24) is 0 Å². The standard InChI is InChI=1S/C13H15ClO5/c1-19-11(15)5-4-9-3-2-8(7-14)6-10(9)12(16)13(17)18/h2-3,6,12,16H,4-5,7H2,1H3,(H,17,18). The van der Waals surface area contributed by atoms with Crippen molar-refractivity contribution >= 4 is 23.5 Å². The minimum absolute atomic E-state index is 0.121. The number of rotatable bonds is 6. The molecule has 0 radical (unpaired) electrons. The second-order valence-electron chi connectivity index (χ2n) is 3.98. The second kappa shape index (κ2) is 7.11. The molecule has 0 saturated carbocycles. The molecule has 0 aromatic heterocycles. The SMILES string of the molecule is COC(=O)CCc1ccc(CCl)cc1C(O)C(=O)O. The summed E-state index contributed by atoms with van der Waals surface area (Å²) in [6, 6.07) is 4.94. The highest BCUT2D eigenvalue weighted by Gasteiger charge is 2.20. The Morgan fingerprint density at radius 1 is 1.42 bits per heavy atom. The van der Waals surface area contributed by atoms with E-state index in [0.29, 0.717) is 17.5 Å². The lowest BCUT2D eigenvalue weighted by Crippen LogP contribution is -2.14. The lowest BCUT2D eigenvalue weighted by Gasteiger charge is -2.13. The van der Waals surface area contributed by atoms with Crippen molar-refractivity contribution in [2.75, 3.05) is 7.11 Å². The van der Waals surface area contributed by atoms with E-state index in [4.69, 9.17) is 16.7 Å². The number of alkyl halides is 1. The molecule has 5 nitrogen and oxygen atoms in total. The molecule has 0 heterocycles. The third-order valence-corrected chi connectivity index (χ3v) is 3.03. The Morgan fingerprint density at radius 3 is 2.63 bits per heavy atom. The van der Waals surface area contributed by atoms with Crippen LogP contribution in [0.2, 0.25) is 0 Å². The number of methoxy groups -OCH3 is 1. The lowest BCUT2D eigenvalue weighted by molar-refractivity contribution is -0.147. The van der Waals surface area contributed by atoms with Gasteiger partial charge < -0.3 is 14.9 Å². The first kappa shape index (κ1) is 15.5. The topological polar surface area (TPSA) is 83.8 Å². The fourth-order valence-corrected chi connectivity index (χ4v) is 1.85. The van der Waals surface area contributed by atoms with Crippen molar-refractivity contribution in [2.24, 2.45) is 0 Å². The van der Waals surface area contributed by atoms with Gasteiger partial charge in [-0.1, -0.05) is 18.2 Å². The average molecular weight is 287 g/mol. The van der Waals surface area contributed by atoms with Crippen LogP contribution in [0.4, 0.5) is 0 Å². The number of carbonyl (C=O) groups is 2. The van der Waals surface area contributed by atoms with Gasteiger partial charge in [-0.15, -0.1) is 11.6 Å². The summed E-state index contributed by atoms with van der Waals surface area (Å²) in [6.07, 6.45) is -1.21. The Balaban J connectivity index is 3.01. The number of halogens is 1. The molecule has 0 aliphatic rings. The third kappa shape index (κ3) is 4.22. The number of aryl methyl sites for hydroxylation is 1. The van der Waals surface area contributed by atoms with Crippen LogP contribution in [0.25, 0.3) is 0 Å². The van der Waals surface area contributed by atoms with E-state index < -0.39 is 18.0 Å². The van der Waals surface area contributed by atoms with Crippen molar-refractivity contribution < 1.29 is 24.5 Å². The number of carboxylic acids is 1. The predicted octanol–water partition coefficient (Wildman–Crippen LogP) is 1.65. The molecule has 0 fully saturated rings. The summed E-state index contributed by atoms with van der Waals surface area (Å²) in [5, 5.41) is 18.5. The zero-order valence-corrected chi connectivity index (χ0v) is 11.2. The normalized spacial score (nSPS) is 11.9. The van der Waals surface area contributed by atoms with E-state index in [-0.39, 0.29) is 17.9 Å². The highest BCUT2D eigenvalue weighted by molar-refractivity contribution is 6.17. The maximum Gasteiger partial charge on any atom is 0.337 e. The fraction of sp³-hybridized carbons (Fsp3) is 0.385. The van der Waals surface area contributed by atoms with E-state index in [1.54, 1.807) is 18.2 Å². The van der Waals surface area contributed by atoms with E-state index >= 15 is 0 Å². The minimum atomic E-state index is -1.63. The zero-order chi connectivity index (χ0) is 14.4. The maximum atomic E-state index is 11.1. The van der Waals surface area contributed by atoms with Gasteiger partial charge in [0, 0.05) is 12.3 Å². The summed E-state index contributed by atoms with van der Waals surface area (Å²) < 4.78 is 4.53. The first-order valence-electron chi connectivity index (χ1n) is 5.65. The minimum Gasteiger partial charge on any atom is -0.479 e. The first-order chi connectivity index (χ1) is 8.99. The molecule has 0 saturated heterocycles. The van der Waals surface area contributed by atoms with Crippen molar-refractivity contribution in [3.8, 4) is 0 Å². The maximum absolute atomic E-state index is 11.1. The van der Waals surface area contributed by atoms with Gasteiger partial charge in [-0.05, 0) is 23.1 Å². The first-order valence-corrected chi connectivity index (χ1v) is 6.18. The van der Waals surface area contributed by atoms with Crippen LogP contribution in [0, 0.1) is 0 Å². The van der Waals surface area contributed by atoms with Crippen molar-refractivity contribution in [3.05, 3.63) is 34.9 Å². The summed E-state index contributed by atoms with van der Waals surface area (Å²) in [5.74, 6) is -1.51. The molecule has 1 aromatic carbocycles. The molecular weight excluding hydrogens is 272 g/mol. The van der Waals surface area contributed by atoms with E-state index in [9.17, 15) is 14.7 Å². The number of aliphatic hydroxyl groups excluding tert-OH is 1. The Bertz CT molecular complexity index is 472. The summed E-state index contributed by atoms with van der Waals surface area (Å²) in [5.41, 5.74) is 1.56. The molecule has 1 rings (SSSR count). The molecule has 0 spiro atoms. The number of hydrogen-bond donors (Lipinski definition) is 2. The van der Waals surface area contributed by atoms with Crippen LogP contribution < -0.4 is 0 Å². The van der Waals surface area contributed by atoms with Gasteiger partial charge in [-0.2, -0.15) is 0 Å². The molecule has 104 valence electrons. The van der Waals surface area contributed by atoms with Crippen LogP contribution in [0.15, 0.2) is 18.2 Å². The van der Waals surface area contributed by atoms with Crippen LogP contribution in [0.1, 0.15) is 29.2 Å². The fourth-order valence-electron chi connectivity index (χ4n) is 1.68. The smallest absolute Gasteiger partial charge is 0.337 e. The highest BCUT2D eigenvalue weighted by atomic mass is 35.5. The Morgan fingerprint density at radius 2 is 2.11 bits per heavy atom. The second-order valence-corrected chi connectivity index (χ2v) is 4.25. The monoisotopic (exact) mass is 286 g/mol. The molecule has 0 amide bonds. The van der Waals surface area contributed by atoms with Crippen LogP contribution >= 0.6 is 11.6 Å². The summed E-state index contributed by atoms with van der Waals surface area (Å²) in [7, 11) is 1.28. The Labute approximate surface area is 115 Å². The van der Waals surface area contributed by atoms with Crippen molar-refractivity contribution in [1.29, 1.82) is 0 Å². The van der Waals surface area contributed by atoms with Gasteiger partial charge in [0.15, 0.2) is 6.10 Å². The molecule has 1 unspecified atom stereocenters. The van der Waals surface area contributed by atoms with Gasteiger partial charge in [0.1, 0.15) is 0 Å². The molecule has 1 atom stereocenters. The zero-order valence-electron chi connectivity index (χ0n) is 10.4. The Hall–Kier alpha value is -1.59. The number of carbonyl (C=O) groups excluding carboxylic acids is 1. The van der Waals surface area contributed by atoms with Crippen molar-refractivity contribution in [2.45, 2.75) is 24.8 Å². The number of benzene rings is 1. The van der Waals surface area contributed by atoms with Crippen LogP contribution in [-0.4, -0.2) is 29.3 Å². The van der Waals surface area contributed by atoms with Crippen molar-refractivity contribution in [3.63, 3.8) is 0 Å². The third-order valence-electron chi connectivity index (χ3n) is 2.72. The largest absolute Gasteiger partial charge is 0.479 e. The number of aliphatic carboxylic acids is 1. The molecule has 19 heavy (non-hydrogen) atoms. The molecule has 0 bridgehead atoms. The number of esters is 1. The average Bonchev–Trinajstić information content (AvgIpc) is 2.43. The number of hydrogen-bond acceptors (Lipinski definition) is 4. The quantitative estimate of drug-likeness (QED) is 0.614. The van der Waals surface area contributed by atoms with Crippen LogP contribution in [0.5, 0.6) is 0 Å². The van der Waals surface area contributed by atoms with E-state index in [1.807, 2.05) is 0 Å². The molecule has 1 aromatic rings. The lowest BCUT2D eigenvalue weighted by atomic mass is 9.96. The van der Waals surface area contributed by atoms with Crippen LogP contribution in [0.3, 0.4) is 0 Å². The summed E-state index contributed by atoms with van der Waals surface area (Å²) in [6.45, 7) is 0. The van der Waals surface area contributed by atoms with Gasteiger partial charge >= 0.3 is 11.9 Å². The van der Waals surface area contributed by atoms with Gasteiger partial charge in [0.2, 0.25) is 0 Å². The molecular formula is C13H15ClO5. The number of ether oxygens (including phenoxy) is 1.